The molecule has 104 valence electrons. The van der Waals surface area contributed by atoms with Crippen LogP contribution in [-0.2, 0) is 4.79 Å². The molecule has 0 saturated carbocycles. The van der Waals surface area contributed by atoms with Crippen molar-refractivity contribution >= 4 is 17.7 Å². The van der Waals surface area contributed by atoms with Crippen molar-refractivity contribution in [2.45, 2.75) is 24.3 Å². The first-order valence-electron chi connectivity index (χ1n) is 6.55. The van der Waals surface area contributed by atoms with Crippen LogP contribution in [0, 0.1) is 5.82 Å². The molecule has 1 amide bonds. The Bertz CT molecular complexity index is 424. The Morgan fingerprint density at radius 2 is 2.21 bits per heavy atom. The molecule has 3 nitrogen and oxygen atoms in total. The van der Waals surface area contributed by atoms with Gasteiger partial charge < -0.3 is 10.2 Å². The molecule has 0 aromatic heterocycles. The summed E-state index contributed by atoms with van der Waals surface area (Å²) in [7, 11) is 0. The number of halogens is 1. The predicted octanol–water partition coefficient (Wildman–Crippen LogP) is 2.13. The molecule has 1 atom stereocenters. The number of carbonyl (C=O) groups is 1. The maximum atomic E-state index is 12.7. The van der Waals surface area contributed by atoms with Crippen LogP contribution in [0.1, 0.15) is 13.3 Å². The molecule has 1 aromatic rings. The van der Waals surface area contributed by atoms with Gasteiger partial charge >= 0.3 is 0 Å². The van der Waals surface area contributed by atoms with Crippen molar-refractivity contribution in [3.05, 3.63) is 30.1 Å². The molecule has 1 aliphatic rings. The Kier molecular flexibility index (Phi) is 5.22. The Morgan fingerprint density at radius 3 is 2.89 bits per heavy atom. The van der Waals surface area contributed by atoms with Crippen LogP contribution in [0.2, 0.25) is 0 Å². The third-order valence-corrected chi connectivity index (χ3v) is 4.23. The van der Waals surface area contributed by atoms with Crippen molar-refractivity contribution in [1.29, 1.82) is 0 Å². The monoisotopic (exact) mass is 282 g/mol. The second-order valence-corrected chi connectivity index (χ2v) is 5.86. The maximum Gasteiger partial charge on any atom is 0.223 e. The van der Waals surface area contributed by atoms with Crippen LogP contribution in [0.3, 0.4) is 0 Å². The van der Waals surface area contributed by atoms with E-state index in [-0.39, 0.29) is 17.8 Å². The Hall–Kier alpha value is -1.07. The van der Waals surface area contributed by atoms with Gasteiger partial charge in [-0.15, -0.1) is 11.8 Å². The molecule has 2 rings (SSSR count). The lowest BCUT2D eigenvalue weighted by atomic mass is 10.2. The highest BCUT2D eigenvalue weighted by Crippen LogP contribution is 2.19. The summed E-state index contributed by atoms with van der Waals surface area (Å²) in [5, 5.41) is 3.27. The van der Waals surface area contributed by atoms with Gasteiger partial charge in [0.15, 0.2) is 0 Å². The number of hydrogen-bond acceptors (Lipinski definition) is 3. The van der Waals surface area contributed by atoms with Crippen molar-refractivity contribution < 1.29 is 9.18 Å². The van der Waals surface area contributed by atoms with Gasteiger partial charge in [0.05, 0.1) is 0 Å². The first-order valence-corrected chi connectivity index (χ1v) is 7.54. The topological polar surface area (TPSA) is 32.3 Å². The number of hydrogen-bond donors (Lipinski definition) is 1. The number of piperazine rings is 1. The van der Waals surface area contributed by atoms with E-state index in [2.05, 4.69) is 12.2 Å². The van der Waals surface area contributed by atoms with Crippen molar-refractivity contribution in [1.82, 2.24) is 10.2 Å². The number of carbonyl (C=O) groups excluding carboxylic acids is 1. The number of nitrogens with one attached hydrogen (secondary N) is 1. The molecule has 19 heavy (non-hydrogen) atoms. The van der Waals surface area contributed by atoms with Crippen LogP contribution in [0.25, 0.3) is 0 Å². The van der Waals surface area contributed by atoms with E-state index in [1.165, 1.54) is 12.1 Å². The normalized spacial score (nSPS) is 19.5. The van der Waals surface area contributed by atoms with Gasteiger partial charge in [-0.25, -0.2) is 4.39 Å². The molecule has 1 heterocycles. The zero-order valence-corrected chi connectivity index (χ0v) is 11.9. The number of amides is 1. The minimum Gasteiger partial charge on any atom is -0.337 e. The van der Waals surface area contributed by atoms with Gasteiger partial charge in [-0.05, 0) is 31.2 Å². The molecule has 1 N–H and O–H groups in total. The van der Waals surface area contributed by atoms with Gasteiger partial charge in [0, 0.05) is 42.7 Å². The summed E-state index contributed by atoms with van der Waals surface area (Å²) >= 11 is 1.59. The molecule has 0 bridgehead atoms. The van der Waals surface area contributed by atoms with E-state index in [4.69, 9.17) is 0 Å². The zero-order valence-electron chi connectivity index (χ0n) is 11.1. The van der Waals surface area contributed by atoms with Gasteiger partial charge in [0.1, 0.15) is 5.82 Å². The third kappa shape index (κ3) is 4.21. The quantitative estimate of drug-likeness (QED) is 0.859. The van der Waals surface area contributed by atoms with Crippen LogP contribution in [0.15, 0.2) is 29.2 Å². The fourth-order valence-corrected chi connectivity index (χ4v) is 2.98. The Labute approximate surface area is 117 Å². The van der Waals surface area contributed by atoms with Crippen molar-refractivity contribution in [3.8, 4) is 0 Å². The summed E-state index contributed by atoms with van der Waals surface area (Å²) in [5.41, 5.74) is 0. The highest BCUT2D eigenvalue weighted by molar-refractivity contribution is 7.99. The molecule has 0 radical (unpaired) electrons. The van der Waals surface area contributed by atoms with E-state index < -0.39 is 0 Å². The number of rotatable bonds is 4. The van der Waals surface area contributed by atoms with Crippen molar-refractivity contribution in [2.24, 2.45) is 0 Å². The molecule has 0 unspecified atom stereocenters. The first kappa shape index (κ1) is 14.3. The van der Waals surface area contributed by atoms with Gasteiger partial charge in [0.2, 0.25) is 5.91 Å². The van der Waals surface area contributed by atoms with Crippen LogP contribution < -0.4 is 5.32 Å². The molecule has 1 fully saturated rings. The number of nitrogens with zero attached hydrogens (tertiary/aromatic N) is 1. The summed E-state index contributed by atoms with van der Waals surface area (Å²) in [6, 6.07) is 6.66. The largest absolute Gasteiger partial charge is 0.337 e. The highest BCUT2D eigenvalue weighted by atomic mass is 32.2. The lowest BCUT2D eigenvalue weighted by Crippen LogP contribution is -2.52. The van der Waals surface area contributed by atoms with E-state index in [1.807, 2.05) is 4.90 Å². The van der Waals surface area contributed by atoms with Crippen LogP contribution in [0.5, 0.6) is 0 Å². The van der Waals surface area contributed by atoms with Crippen molar-refractivity contribution in [2.75, 3.05) is 25.4 Å². The average Bonchev–Trinajstić information content (AvgIpc) is 2.41. The minimum atomic E-state index is -0.227. The minimum absolute atomic E-state index is 0.212. The Morgan fingerprint density at radius 1 is 1.47 bits per heavy atom. The first-order chi connectivity index (χ1) is 9.16. The molecule has 1 aliphatic heterocycles. The van der Waals surface area contributed by atoms with Crippen LogP contribution >= 0.6 is 11.8 Å². The highest BCUT2D eigenvalue weighted by Gasteiger charge is 2.22. The third-order valence-electron chi connectivity index (χ3n) is 3.22. The van der Waals surface area contributed by atoms with Crippen LogP contribution in [0.4, 0.5) is 4.39 Å². The average molecular weight is 282 g/mol. The summed E-state index contributed by atoms with van der Waals surface area (Å²) in [4.78, 5) is 15.0. The van der Waals surface area contributed by atoms with Gasteiger partial charge in [0.25, 0.3) is 0 Å². The van der Waals surface area contributed by atoms with E-state index in [1.54, 1.807) is 23.9 Å². The molecule has 0 spiro atoms. The number of benzene rings is 1. The molecule has 1 saturated heterocycles. The maximum absolute atomic E-state index is 12.7. The molecule has 1 aromatic carbocycles. The summed E-state index contributed by atoms with van der Waals surface area (Å²) < 4.78 is 12.7. The molecule has 0 aliphatic carbocycles. The van der Waals surface area contributed by atoms with Gasteiger partial charge in [-0.2, -0.15) is 0 Å². The summed E-state index contributed by atoms with van der Waals surface area (Å²) in [5.74, 6) is 0.722. The van der Waals surface area contributed by atoms with E-state index >= 15 is 0 Å². The van der Waals surface area contributed by atoms with E-state index in [0.717, 1.165) is 30.3 Å². The summed E-state index contributed by atoms with van der Waals surface area (Å²) in [6.45, 7) is 4.61. The fourth-order valence-electron chi connectivity index (χ4n) is 2.14. The van der Waals surface area contributed by atoms with Gasteiger partial charge in [-0.3, -0.25) is 4.79 Å². The molecular weight excluding hydrogens is 263 g/mol. The standard InChI is InChI=1S/C14H19FN2OS/c1-11-10-16-7-8-17(11)14(18)6-9-19-13-4-2-12(15)3-5-13/h2-5,11,16H,6-10H2,1H3/t11-/m0/s1. The smallest absolute Gasteiger partial charge is 0.223 e. The second-order valence-electron chi connectivity index (χ2n) is 4.69. The van der Waals surface area contributed by atoms with Crippen molar-refractivity contribution in [3.63, 3.8) is 0 Å². The predicted molar refractivity (Wildman–Crippen MR) is 75.8 cm³/mol. The number of thioether (sulfide) groups is 1. The SMILES string of the molecule is C[C@H]1CNCCN1C(=O)CCSc1ccc(F)cc1. The van der Waals surface area contributed by atoms with Crippen LogP contribution in [-0.4, -0.2) is 42.2 Å². The van der Waals surface area contributed by atoms with E-state index in [9.17, 15) is 9.18 Å². The Balaban J connectivity index is 1.75. The molecule has 5 heteroatoms. The molecular formula is C14H19FN2OS. The lowest BCUT2D eigenvalue weighted by Gasteiger charge is -2.34. The van der Waals surface area contributed by atoms with Gasteiger partial charge in [-0.1, -0.05) is 0 Å². The van der Waals surface area contributed by atoms with E-state index in [0.29, 0.717) is 6.42 Å². The second kappa shape index (κ2) is 6.91. The zero-order chi connectivity index (χ0) is 13.7. The summed E-state index contributed by atoms with van der Waals surface area (Å²) in [6.07, 6.45) is 0.534. The fraction of sp³-hybridized carbons (Fsp3) is 0.500. The lowest BCUT2D eigenvalue weighted by molar-refractivity contribution is -0.133.